The Kier molecular flexibility index (Phi) is 7.09. The van der Waals surface area contributed by atoms with Gasteiger partial charge < -0.3 is 9.80 Å². The van der Waals surface area contributed by atoms with Crippen molar-refractivity contribution in [1.29, 1.82) is 0 Å². The van der Waals surface area contributed by atoms with Gasteiger partial charge in [-0.25, -0.2) is 0 Å². The van der Waals surface area contributed by atoms with Crippen LogP contribution in [0, 0.1) is 17.0 Å². The zero-order chi connectivity index (χ0) is 22.6. The lowest BCUT2D eigenvalue weighted by atomic mass is 10.1. The maximum atomic E-state index is 12.9. The maximum absolute atomic E-state index is 12.9. The van der Waals surface area contributed by atoms with Crippen LogP contribution in [0.2, 0.25) is 0 Å². The summed E-state index contributed by atoms with van der Waals surface area (Å²) in [6, 6.07) is 10.7. The van der Waals surface area contributed by atoms with Gasteiger partial charge in [0.1, 0.15) is 5.69 Å². The highest BCUT2D eigenvalue weighted by molar-refractivity contribution is 7.99. The Morgan fingerprint density at radius 3 is 2.32 bits per heavy atom. The third-order valence-corrected chi connectivity index (χ3v) is 6.08. The number of amides is 1. The molecule has 0 saturated carbocycles. The standard InChI is InChI=1S/C21H22F3N3O3S/c1-15-2-4-16(5-3-15)13-31-14-20(28)26-10-8-25(9-11-26)18-7-6-17(21(22,23)24)12-19(18)27(29)30/h2-7,12H,8-11,13-14H2,1H3. The van der Waals surface area contributed by atoms with Crippen molar-refractivity contribution < 1.29 is 22.9 Å². The molecule has 0 atom stereocenters. The molecule has 1 heterocycles. The van der Waals surface area contributed by atoms with Gasteiger partial charge in [0, 0.05) is 38.0 Å². The van der Waals surface area contributed by atoms with E-state index in [0.29, 0.717) is 38.0 Å². The number of nitro groups is 1. The Morgan fingerprint density at radius 1 is 1.10 bits per heavy atom. The molecule has 0 aliphatic carbocycles. The van der Waals surface area contributed by atoms with Gasteiger partial charge in [-0.2, -0.15) is 13.2 Å². The molecule has 0 radical (unpaired) electrons. The van der Waals surface area contributed by atoms with Crippen molar-refractivity contribution in [3.8, 4) is 0 Å². The van der Waals surface area contributed by atoms with E-state index in [1.54, 1.807) is 9.80 Å². The minimum Gasteiger partial charge on any atom is -0.362 e. The number of benzene rings is 2. The summed E-state index contributed by atoms with van der Waals surface area (Å²) in [6.45, 7) is 3.38. The van der Waals surface area contributed by atoms with Gasteiger partial charge in [0.15, 0.2) is 0 Å². The van der Waals surface area contributed by atoms with Crippen LogP contribution in [0.4, 0.5) is 24.5 Å². The molecule has 2 aromatic rings. The van der Waals surface area contributed by atoms with E-state index in [9.17, 15) is 28.1 Å². The third kappa shape index (κ3) is 5.90. The molecule has 1 amide bonds. The number of alkyl halides is 3. The first-order valence-corrected chi connectivity index (χ1v) is 10.8. The van der Waals surface area contributed by atoms with Gasteiger partial charge in [-0.3, -0.25) is 14.9 Å². The fourth-order valence-corrected chi connectivity index (χ4v) is 4.23. The van der Waals surface area contributed by atoms with Crippen LogP contribution in [0.1, 0.15) is 16.7 Å². The van der Waals surface area contributed by atoms with Crippen molar-refractivity contribution in [2.45, 2.75) is 18.9 Å². The fraction of sp³-hybridized carbons (Fsp3) is 0.381. The molecule has 1 aliphatic heterocycles. The van der Waals surface area contributed by atoms with Gasteiger partial charge in [0.05, 0.1) is 16.2 Å². The second-order valence-electron chi connectivity index (χ2n) is 7.30. The molecule has 10 heteroatoms. The monoisotopic (exact) mass is 453 g/mol. The van der Waals surface area contributed by atoms with E-state index in [2.05, 4.69) is 0 Å². The Morgan fingerprint density at radius 2 is 1.74 bits per heavy atom. The number of carbonyl (C=O) groups is 1. The predicted molar refractivity (Wildman–Crippen MR) is 114 cm³/mol. The minimum absolute atomic E-state index is 0.0151. The smallest absolute Gasteiger partial charge is 0.362 e. The van der Waals surface area contributed by atoms with E-state index in [0.717, 1.165) is 23.4 Å². The lowest BCUT2D eigenvalue weighted by Crippen LogP contribution is -2.49. The molecule has 3 rings (SSSR count). The Bertz CT molecular complexity index is 943. The highest BCUT2D eigenvalue weighted by Crippen LogP contribution is 2.36. The SMILES string of the molecule is Cc1ccc(CSCC(=O)N2CCN(c3ccc(C(F)(F)F)cc3[N+](=O)[O-])CC2)cc1. The largest absolute Gasteiger partial charge is 0.416 e. The molecule has 1 aliphatic rings. The van der Waals surface area contributed by atoms with Gasteiger partial charge in [-0.15, -0.1) is 11.8 Å². The number of piperazine rings is 1. The highest BCUT2D eigenvalue weighted by Gasteiger charge is 2.34. The maximum Gasteiger partial charge on any atom is 0.416 e. The number of nitro benzene ring substituents is 1. The first-order chi connectivity index (χ1) is 14.6. The van der Waals surface area contributed by atoms with Crippen molar-refractivity contribution >= 4 is 29.0 Å². The third-order valence-electron chi connectivity index (χ3n) is 5.09. The second-order valence-corrected chi connectivity index (χ2v) is 8.29. The molecule has 1 saturated heterocycles. The second kappa shape index (κ2) is 9.59. The van der Waals surface area contributed by atoms with Crippen molar-refractivity contribution in [3.63, 3.8) is 0 Å². The Balaban J connectivity index is 1.55. The van der Waals surface area contributed by atoms with Crippen molar-refractivity contribution in [1.82, 2.24) is 4.90 Å². The first kappa shape index (κ1) is 22.9. The van der Waals surface area contributed by atoms with Crippen LogP contribution in [-0.4, -0.2) is 47.7 Å². The van der Waals surface area contributed by atoms with Crippen LogP contribution in [0.25, 0.3) is 0 Å². The number of nitrogens with zero attached hydrogens (tertiary/aromatic N) is 3. The molecule has 6 nitrogen and oxygen atoms in total. The lowest BCUT2D eigenvalue weighted by Gasteiger charge is -2.36. The quantitative estimate of drug-likeness (QED) is 0.476. The van der Waals surface area contributed by atoms with E-state index in [-0.39, 0.29) is 11.6 Å². The molecule has 1 fully saturated rings. The van der Waals surface area contributed by atoms with E-state index in [4.69, 9.17) is 0 Å². The van der Waals surface area contributed by atoms with Gasteiger partial charge in [0.25, 0.3) is 5.69 Å². The van der Waals surface area contributed by atoms with Crippen LogP contribution in [0.15, 0.2) is 42.5 Å². The number of hydrogen-bond donors (Lipinski definition) is 0. The summed E-state index contributed by atoms with van der Waals surface area (Å²) in [6.07, 6.45) is -4.65. The van der Waals surface area contributed by atoms with Crippen molar-refractivity contribution in [2.75, 3.05) is 36.8 Å². The highest BCUT2D eigenvalue weighted by atomic mass is 32.2. The zero-order valence-corrected chi connectivity index (χ0v) is 17.7. The van der Waals surface area contributed by atoms with Crippen LogP contribution in [0.5, 0.6) is 0 Å². The minimum atomic E-state index is -4.65. The Hall–Kier alpha value is -2.75. The average Bonchev–Trinajstić information content (AvgIpc) is 2.74. The number of halogens is 3. The number of hydrogen-bond acceptors (Lipinski definition) is 5. The number of carbonyl (C=O) groups excluding carboxylic acids is 1. The normalized spacial score (nSPS) is 14.6. The van der Waals surface area contributed by atoms with Crippen molar-refractivity contribution in [2.24, 2.45) is 0 Å². The number of thioether (sulfide) groups is 1. The summed E-state index contributed by atoms with van der Waals surface area (Å²) >= 11 is 1.52. The van der Waals surface area contributed by atoms with Gasteiger partial charge in [-0.05, 0) is 24.6 Å². The van der Waals surface area contributed by atoms with Crippen LogP contribution >= 0.6 is 11.8 Å². The lowest BCUT2D eigenvalue weighted by molar-refractivity contribution is -0.384. The molecule has 0 bridgehead atoms. The summed E-state index contributed by atoms with van der Waals surface area (Å²) in [5, 5.41) is 11.3. The number of aryl methyl sites for hydroxylation is 1. The van der Waals surface area contributed by atoms with E-state index in [1.165, 1.54) is 17.3 Å². The topological polar surface area (TPSA) is 66.7 Å². The molecule has 0 aromatic heterocycles. The first-order valence-electron chi connectivity index (χ1n) is 9.67. The van der Waals surface area contributed by atoms with Gasteiger partial charge >= 0.3 is 6.18 Å². The average molecular weight is 453 g/mol. The number of anilines is 1. The molecular formula is C21H22F3N3O3S. The van der Waals surface area contributed by atoms with E-state index >= 15 is 0 Å². The molecule has 166 valence electrons. The fourth-order valence-electron chi connectivity index (χ4n) is 3.34. The van der Waals surface area contributed by atoms with Crippen molar-refractivity contribution in [3.05, 3.63) is 69.3 Å². The van der Waals surface area contributed by atoms with Crippen LogP contribution < -0.4 is 4.90 Å². The Labute approximate surface area is 182 Å². The summed E-state index contributed by atoms with van der Waals surface area (Å²) in [5.41, 5.74) is 0.822. The molecule has 31 heavy (non-hydrogen) atoms. The molecule has 0 N–H and O–H groups in total. The molecule has 2 aromatic carbocycles. The summed E-state index contributed by atoms with van der Waals surface area (Å²) in [5.74, 6) is 1.04. The van der Waals surface area contributed by atoms with E-state index in [1.807, 2.05) is 31.2 Å². The summed E-state index contributed by atoms with van der Waals surface area (Å²) < 4.78 is 38.7. The zero-order valence-electron chi connectivity index (χ0n) is 16.9. The predicted octanol–water partition coefficient (Wildman–Crippen LogP) is 4.50. The summed E-state index contributed by atoms with van der Waals surface area (Å²) in [4.78, 5) is 26.3. The van der Waals surface area contributed by atoms with E-state index < -0.39 is 22.4 Å². The molecule has 0 spiro atoms. The molecule has 0 unspecified atom stereocenters. The molecular weight excluding hydrogens is 431 g/mol. The number of rotatable bonds is 6. The van der Waals surface area contributed by atoms with Crippen LogP contribution in [0.3, 0.4) is 0 Å². The van der Waals surface area contributed by atoms with Gasteiger partial charge in [-0.1, -0.05) is 29.8 Å². The van der Waals surface area contributed by atoms with Crippen LogP contribution in [-0.2, 0) is 16.7 Å². The summed E-state index contributed by atoms with van der Waals surface area (Å²) in [7, 11) is 0. The van der Waals surface area contributed by atoms with Gasteiger partial charge in [0.2, 0.25) is 5.91 Å².